The lowest BCUT2D eigenvalue weighted by Gasteiger charge is -2.22. The van der Waals surface area contributed by atoms with E-state index in [4.69, 9.17) is 9.47 Å². The highest BCUT2D eigenvalue weighted by Gasteiger charge is 2.21. The second-order valence-corrected chi connectivity index (χ2v) is 5.03. The fourth-order valence-corrected chi connectivity index (χ4v) is 2.88. The van der Waals surface area contributed by atoms with Gasteiger partial charge in [-0.05, 0) is 53.0 Å². The van der Waals surface area contributed by atoms with Crippen molar-refractivity contribution < 1.29 is 9.47 Å². The Morgan fingerprint density at radius 1 is 1.25 bits per heavy atom. The number of rotatable bonds is 1. The van der Waals surface area contributed by atoms with E-state index in [1.807, 2.05) is 0 Å². The number of fused-ring (bicyclic) bond motifs is 1. The molecule has 2 aliphatic heterocycles. The Balaban J connectivity index is 1.97. The van der Waals surface area contributed by atoms with Gasteiger partial charge in [-0.1, -0.05) is 0 Å². The van der Waals surface area contributed by atoms with Gasteiger partial charge in [0.15, 0.2) is 11.5 Å². The zero-order valence-corrected chi connectivity index (χ0v) is 10.5. The molecule has 1 fully saturated rings. The van der Waals surface area contributed by atoms with Crippen molar-refractivity contribution >= 4 is 15.9 Å². The zero-order valence-electron chi connectivity index (χ0n) is 8.96. The summed E-state index contributed by atoms with van der Waals surface area (Å²) >= 11 is 3.55. The van der Waals surface area contributed by atoms with Crippen molar-refractivity contribution in [1.29, 1.82) is 0 Å². The molecule has 3 rings (SSSR count). The summed E-state index contributed by atoms with van der Waals surface area (Å²) in [5.74, 6) is 1.71. The molecule has 16 heavy (non-hydrogen) atoms. The van der Waals surface area contributed by atoms with Gasteiger partial charge < -0.3 is 14.8 Å². The lowest BCUT2D eigenvalue weighted by molar-refractivity contribution is 0.170. The van der Waals surface area contributed by atoms with Crippen LogP contribution in [0.2, 0.25) is 0 Å². The van der Waals surface area contributed by atoms with Gasteiger partial charge in [-0.2, -0.15) is 0 Å². The number of hydrogen-bond acceptors (Lipinski definition) is 3. The van der Waals surface area contributed by atoms with Crippen molar-refractivity contribution in [3.05, 3.63) is 22.2 Å². The summed E-state index contributed by atoms with van der Waals surface area (Å²) in [5, 5.41) is 3.49. The van der Waals surface area contributed by atoms with E-state index in [-0.39, 0.29) is 0 Å². The van der Waals surface area contributed by atoms with Crippen LogP contribution in [0.3, 0.4) is 0 Å². The number of halogens is 1. The quantitative estimate of drug-likeness (QED) is 0.860. The zero-order chi connectivity index (χ0) is 11.0. The first-order valence-electron chi connectivity index (χ1n) is 5.67. The maximum atomic E-state index is 5.62. The average Bonchev–Trinajstić information content (AvgIpc) is 2.82. The van der Waals surface area contributed by atoms with Crippen molar-refractivity contribution in [3.63, 3.8) is 0 Å². The third-order valence-corrected chi connectivity index (χ3v) is 3.67. The molecule has 1 unspecified atom stereocenters. The lowest BCUT2D eigenvalue weighted by atomic mass is 10.0. The van der Waals surface area contributed by atoms with Crippen LogP contribution in [-0.2, 0) is 0 Å². The highest BCUT2D eigenvalue weighted by molar-refractivity contribution is 9.10. The van der Waals surface area contributed by atoms with E-state index in [1.54, 1.807) is 0 Å². The molecule has 0 aromatic heterocycles. The monoisotopic (exact) mass is 283 g/mol. The number of benzene rings is 1. The molecule has 0 radical (unpaired) electrons. The molecular weight excluding hydrogens is 270 g/mol. The number of ether oxygens (including phenoxy) is 2. The summed E-state index contributed by atoms with van der Waals surface area (Å²) in [6.07, 6.45) is 2.45. The van der Waals surface area contributed by atoms with Gasteiger partial charge in [-0.15, -0.1) is 0 Å². The maximum Gasteiger partial charge on any atom is 0.175 e. The third-order valence-electron chi connectivity index (χ3n) is 3.08. The van der Waals surface area contributed by atoms with Gasteiger partial charge in [-0.25, -0.2) is 0 Å². The van der Waals surface area contributed by atoms with Crippen molar-refractivity contribution in [2.75, 3.05) is 19.8 Å². The Labute approximate surface area is 103 Å². The van der Waals surface area contributed by atoms with Crippen LogP contribution in [0.5, 0.6) is 11.5 Å². The van der Waals surface area contributed by atoms with Gasteiger partial charge >= 0.3 is 0 Å². The Bertz CT molecular complexity index is 402. The normalized spacial score (nSPS) is 23.4. The topological polar surface area (TPSA) is 30.5 Å². The van der Waals surface area contributed by atoms with E-state index < -0.39 is 0 Å². The average molecular weight is 284 g/mol. The van der Waals surface area contributed by atoms with Gasteiger partial charge in [0.1, 0.15) is 13.2 Å². The van der Waals surface area contributed by atoms with Crippen LogP contribution >= 0.6 is 15.9 Å². The Hall–Kier alpha value is -0.740. The fraction of sp³-hybridized carbons (Fsp3) is 0.500. The molecule has 1 atom stereocenters. The molecule has 0 amide bonds. The standard InChI is InChI=1S/C12H14BrNO2/c13-9-6-8(10-2-1-3-14-10)7-11-12(9)16-5-4-15-11/h6-7,10,14H,1-5H2. The van der Waals surface area contributed by atoms with Gasteiger partial charge in [0.05, 0.1) is 4.47 Å². The predicted molar refractivity (Wildman–Crippen MR) is 65.1 cm³/mol. The minimum atomic E-state index is 0.465. The van der Waals surface area contributed by atoms with Gasteiger partial charge in [0.2, 0.25) is 0 Å². The predicted octanol–water partition coefficient (Wildman–Crippen LogP) is 2.64. The van der Waals surface area contributed by atoms with Crippen LogP contribution in [0.25, 0.3) is 0 Å². The summed E-state index contributed by atoms with van der Waals surface area (Å²) in [4.78, 5) is 0. The Kier molecular flexibility index (Phi) is 2.77. The molecule has 1 aromatic rings. The molecule has 1 aromatic carbocycles. The van der Waals surface area contributed by atoms with E-state index in [0.29, 0.717) is 19.3 Å². The third kappa shape index (κ3) is 1.80. The number of hydrogen-bond donors (Lipinski definition) is 1. The van der Waals surface area contributed by atoms with Crippen molar-refractivity contribution in [3.8, 4) is 11.5 Å². The second kappa shape index (κ2) is 4.26. The molecule has 0 saturated carbocycles. The van der Waals surface area contributed by atoms with Gasteiger partial charge in [0.25, 0.3) is 0 Å². The maximum absolute atomic E-state index is 5.62. The molecule has 86 valence electrons. The van der Waals surface area contributed by atoms with Crippen molar-refractivity contribution in [2.24, 2.45) is 0 Å². The Morgan fingerprint density at radius 3 is 2.94 bits per heavy atom. The Morgan fingerprint density at radius 2 is 2.12 bits per heavy atom. The largest absolute Gasteiger partial charge is 0.486 e. The first kappa shape index (κ1) is 10.4. The molecule has 1 N–H and O–H groups in total. The molecular formula is C12H14BrNO2. The van der Waals surface area contributed by atoms with E-state index in [1.165, 1.54) is 18.4 Å². The van der Waals surface area contributed by atoms with Gasteiger partial charge in [-0.3, -0.25) is 0 Å². The highest BCUT2D eigenvalue weighted by atomic mass is 79.9. The number of nitrogens with one attached hydrogen (secondary N) is 1. The van der Waals surface area contributed by atoms with Crippen molar-refractivity contribution in [1.82, 2.24) is 5.32 Å². The van der Waals surface area contributed by atoms with E-state index in [0.717, 1.165) is 22.5 Å². The van der Waals surface area contributed by atoms with Crippen LogP contribution in [0, 0.1) is 0 Å². The summed E-state index contributed by atoms with van der Waals surface area (Å²) < 4.78 is 12.2. The smallest absolute Gasteiger partial charge is 0.175 e. The van der Waals surface area contributed by atoms with E-state index in [9.17, 15) is 0 Å². The lowest BCUT2D eigenvalue weighted by Crippen LogP contribution is -2.17. The summed E-state index contributed by atoms with van der Waals surface area (Å²) in [6.45, 7) is 2.38. The molecule has 0 aliphatic carbocycles. The molecule has 2 aliphatic rings. The molecule has 3 nitrogen and oxygen atoms in total. The van der Waals surface area contributed by atoms with Gasteiger partial charge in [0, 0.05) is 6.04 Å². The van der Waals surface area contributed by atoms with Crippen molar-refractivity contribution in [2.45, 2.75) is 18.9 Å². The molecule has 4 heteroatoms. The molecule has 0 bridgehead atoms. The fourth-order valence-electron chi connectivity index (χ4n) is 2.30. The SMILES string of the molecule is Brc1cc(C2CCCN2)cc2c1OCCO2. The minimum absolute atomic E-state index is 0.465. The first-order valence-corrected chi connectivity index (χ1v) is 6.46. The molecule has 0 spiro atoms. The van der Waals surface area contributed by atoms with Crippen LogP contribution < -0.4 is 14.8 Å². The van der Waals surface area contributed by atoms with E-state index >= 15 is 0 Å². The summed E-state index contributed by atoms with van der Waals surface area (Å²) in [7, 11) is 0. The van der Waals surface area contributed by atoms with Crippen LogP contribution in [0.4, 0.5) is 0 Å². The van der Waals surface area contributed by atoms with Crippen LogP contribution in [-0.4, -0.2) is 19.8 Å². The first-order chi connectivity index (χ1) is 7.84. The molecule has 2 heterocycles. The second-order valence-electron chi connectivity index (χ2n) is 4.18. The van der Waals surface area contributed by atoms with Crippen LogP contribution in [0.15, 0.2) is 16.6 Å². The molecule has 1 saturated heterocycles. The summed E-state index contributed by atoms with van der Waals surface area (Å²) in [5.41, 5.74) is 1.29. The van der Waals surface area contributed by atoms with E-state index in [2.05, 4.69) is 33.4 Å². The highest BCUT2D eigenvalue weighted by Crippen LogP contribution is 2.40. The van der Waals surface area contributed by atoms with Crippen LogP contribution in [0.1, 0.15) is 24.4 Å². The minimum Gasteiger partial charge on any atom is -0.486 e. The summed E-state index contributed by atoms with van der Waals surface area (Å²) in [6, 6.07) is 4.70.